The molecule has 0 aliphatic carbocycles. The highest BCUT2D eigenvalue weighted by molar-refractivity contribution is 5.79. The molecule has 0 bridgehead atoms. The van der Waals surface area contributed by atoms with Crippen LogP contribution in [0.1, 0.15) is 43.4 Å². The Morgan fingerprint density at radius 2 is 1.68 bits per heavy atom. The van der Waals surface area contributed by atoms with E-state index < -0.39 is 0 Å². The molecular weight excluding hydrogens is 350 g/mol. The van der Waals surface area contributed by atoms with Crippen LogP contribution in [0.15, 0.2) is 54.6 Å². The molecule has 0 spiro atoms. The van der Waals surface area contributed by atoms with Crippen molar-refractivity contribution in [3.8, 4) is 0 Å². The second kappa shape index (κ2) is 11.1. The van der Waals surface area contributed by atoms with Gasteiger partial charge in [0, 0.05) is 32.7 Å². The van der Waals surface area contributed by atoms with E-state index in [2.05, 4.69) is 34.7 Å². The predicted octanol–water partition coefficient (Wildman–Crippen LogP) is 3.60. The summed E-state index contributed by atoms with van der Waals surface area (Å²) in [5.41, 5.74) is 3.29. The Bertz CT molecular complexity index is 744. The highest BCUT2D eigenvalue weighted by Gasteiger charge is 2.16. The molecule has 0 saturated heterocycles. The van der Waals surface area contributed by atoms with Gasteiger partial charge in [-0.15, -0.1) is 0 Å². The number of hydrogen-bond donors (Lipinski definition) is 2. The van der Waals surface area contributed by atoms with Gasteiger partial charge in [-0.1, -0.05) is 48.0 Å². The molecule has 0 aliphatic heterocycles. The molecule has 0 aliphatic rings. The number of carbonyl (C=O) groups excluding carboxylic acids is 2. The molecule has 0 radical (unpaired) electrons. The third-order valence-corrected chi connectivity index (χ3v) is 4.69. The number of benzene rings is 2. The van der Waals surface area contributed by atoms with Gasteiger partial charge < -0.3 is 15.5 Å². The quantitative estimate of drug-likeness (QED) is 0.618. The number of rotatable bonds is 10. The average Bonchev–Trinajstić information content (AvgIpc) is 2.68. The van der Waals surface area contributed by atoms with Crippen LogP contribution in [-0.2, 0) is 9.59 Å². The number of carbonyl (C=O) groups is 2. The molecule has 2 amide bonds. The van der Waals surface area contributed by atoms with Crippen LogP contribution in [0.4, 0.5) is 5.69 Å². The molecule has 5 heteroatoms. The fraction of sp³-hybridized carbons (Fsp3) is 0.391. The Labute approximate surface area is 168 Å². The van der Waals surface area contributed by atoms with Crippen LogP contribution in [-0.4, -0.2) is 32.0 Å². The van der Waals surface area contributed by atoms with Crippen molar-refractivity contribution in [2.45, 2.75) is 39.2 Å². The van der Waals surface area contributed by atoms with Crippen LogP contribution in [0, 0.1) is 6.92 Å². The molecule has 28 heavy (non-hydrogen) atoms. The van der Waals surface area contributed by atoms with E-state index in [1.165, 1.54) is 12.6 Å². The van der Waals surface area contributed by atoms with Gasteiger partial charge in [0.15, 0.2) is 0 Å². The van der Waals surface area contributed by atoms with Crippen LogP contribution < -0.4 is 15.5 Å². The molecule has 1 atom stereocenters. The SMILES string of the molecule is CC(=O)NC(CC(=O)NCCCCN(C)c1ccccc1)c1ccc(C)cc1. The summed E-state index contributed by atoms with van der Waals surface area (Å²) in [6, 6.07) is 17.9. The van der Waals surface area contributed by atoms with Gasteiger partial charge in [0.05, 0.1) is 12.5 Å². The first kappa shape index (κ1) is 21.5. The van der Waals surface area contributed by atoms with Gasteiger partial charge in [0.1, 0.15) is 0 Å². The number of hydrogen-bond acceptors (Lipinski definition) is 3. The first-order valence-electron chi connectivity index (χ1n) is 9.82. The molecule has 0 aromatic heterocycles. The van der Waals surface area contributed by atoms with E-state index in [9.17, 15) is 9.59 Å². The molecule has 0 heterocycles. The van der Waals surface area contributed by atoms with Gasteiger partial charge in [0.25, 0.3) is 0 Å². The maximum Gasteiger partial charge on any atom is 0.222 e. The number of nitrogens with one attached hydrogen (secondary N) is 2. The highest BCUT2D eigenvalue weighted by atomic mass is 16.2. The first-order chi connectivity index (χ1) is 13.5. The lowest BCUT2D eigenvalue weighted by Crippen LogP contribution is -2.33. The summed E-state index contributed by atoms with van der Waals surface area (Å²) in [6.07, 6.45) is 2.16. The molecule has 1 unspecified atom stereocenters. The fourth-order valence-electron chi connectivity index (χ4n) is 3.07. The van der Waals surface area contributed by atoms with Crippen molar-refractivity contribution in [2.24, 2.45) is 0 Å². The van der Waals surface area contributed by atoms with Crippen molar-refractivity contribution >= 4 is 17.5 Å². The summed E-state index contributed by atoms with van der Waals surface area (Å²) in [4.78, 5) is 26.0. The smallest absolute Gasteiger partial charge is 0.222 e. The Morgan fingerprint density at radius 1 is 1.00 bits per heavy atom. The van der Waals surface area contributed by atoms with E-state index in [0.717, 1.165) is 30.5 Å². The van der Waals surface area contributed by atoms with Crippen molar-refractivity contribution in [1.29, 1.82) is 0 Å². The van der Waals surface area contributed by atoms with Crippen molar-refractivity contribution in [1.82, 2.24) is 10.6 Å². The zero-order chi connectivity index (χ0) is 20.4. The van der Waals surface area contributed by atoms with E-state index in [4.69, 9.17) is 0 Å². The fourth-order valence-corrected chi connectivity index (χ4v) is 3.07. The second-order valence-corrected chi connectivity index (χ2v) is 7.18. The monoisotopic (exact) mass is 381 g/mol. The lowest BCUT2D eigenvalue weighted by Gasteiger charge is -2.20. The topological polar surface area (TPSA) is 61.4 Å². The minimum Gasteiger partial charge on any atom is -0.375 e. The summed E-state index contributed by atoms with van der Waals surface area (Å²) in [5.74, 6) is -0.182. The van der Waals surface area contributed by atoms with Crippen LogP contribution in [0.3, 0.4) is 0 Å². The third-order valence-electron chi connectivity index (χ3n) is 4.69. The molecule has 150 valence electrons. The highest BCUT2D eigenvalue weighted by Crippen LogP contribution is 2.17. The summed E-state index contributed by atoms with van der Waals surface area (Å²) < 4.78 is 0. The number of amides is 2. The number of unbranched alkanes of at least 4 members (excludes halogenated alkanes) is 1. The lowest BCUT2D eigenvalue weighted by molar-refractivity contribution is -0.122. The molecule has 2 rings (SSSR count). The number of para-hydroxylation sites is 1. The van der Waals surface area contributed by atoms with Gasteiger partial charge >= 0.3 is 0 Å². The molecule has 0 saturated carbocycles. The normalized spacial score (nSPS) is 11.5. The number of nitrogens with zero attached hydrogens (tertiary/aromatic N) is 1. The van der Waals surface area contributed by atoms with Crippen molar-refractivity contribution in [3.05, 3.63) is 65.7 Å². The number of aryl methyl sites for hydroxylation is 1. The number of anilines is 1. The molecule has 2 aromatic carbocycles. The zero-order valence-corrected chi connectivity index (χ0v) is 17.1. The second-order valence-electron chi connectivity index (χ2n) is 7.18. The van der Waals surface area contributed by atoms with Crippen molar-refractivity contribution in [3.63, 3.8) is 0 Å². The maximum absolute atomic E-state index is 12.3. The minimum absolute atomic E-state index is 0.0456. The summed E-state index contributed by atoms with van der Waals surface area (Å²) in [6.45, 7) is 5.07. The third kappa shape index (κ3) is 7.43. The minimum atomic E-state index is -0.303. The predicted molar refractivity (Wildman–Crippen MR) is 114 cm³/mol. The Morgan fingerprint density at radius 3 is 2.32 bits per heavy atom. The van der Waals surface area contributed by atoms with E-state index in [1.807, 2.05) is 49.4 Å². The van der Waals surface area contributed by atoms with Crippen molar-refractivity contribution in [2.75, 3.05) is 25.0 Å². The van der Waals surface area contributed by atoms with Gasteiger partial charge in [-0.05, 0) is 37.5 Å². The van der Waals surface area contributed by atoms with Gasteiger partial charge in [-0.3, -0.25) is 9.59 Å². The van der Waals surface area contributed by atoms with Crippen LogP contribution in [0.25, 0.3) is 0 Å². The van der Waals surface area contributed by atoms with E-state index >= 15 is 0 Å². The zero-order valence-electron chi connectivity index (χ0n) is 17.1. The Hall–Kier alpha value is -2.82. The van der Waals surface area contributed by atoms with E-state index in [1.54, 1.807) is 0 Å². The first-order valence-corrected chi connectivity index (χ1v) is 9.82. The molecule has 2 N–H and O–H groups in total. The van der Waals surface area contributed by atoms with Gasteiger partial charge in [0.2, 0.25) is 11.8 Å². The molecule has 2 aromatic rings. The molecule has 5 nitrogen and oxygen atoms in total. The standard InChI is InChI=1S/C23H31N3O2/c1-18-11-13-20(14-12-18)22(25-19(2)27)17-23(28)24-15-7-8-16-26(3)21-9-5-4-6-10-21/h4-6,9-14,22H,7-8,15-17H2,1-3H3,(H,24,28)(H,25,27). The molecular formula is C23H31N3O2. The van der Waals surface area contributed by atoms with Crippen molar-refractivity contribution < 1.29 is 9.59 Å². The van der Waals surface area contributed by atoms with Crippen LogP contribution in [0.2, 0.25) is 0 Å². The van der Waals surface area contributed by atoms with Gasteiger partial charge in [-0.2, -0.15) is 0 Å². The Kier molecular flexibility index (Phi) is 8.53. The largest absolute Gasteiger partial charge is 0.375 e. The van der Waals surface area contributed by atoms with E-state index in [0.29, 0.717) is 6.54 Å². The maximum atomic E-state index is 12.3. The summed E-state index contributed by atoms with van der Waals surface area (Å²) in [5, 5.41) is 5.85. The average molecular weight is 382 g/mol. The summed E-state index contributed by atoms with van der Waals surface area (Å²) >= 11 is 0. The van der Waals surface area contributed by atoms with Crippen LogP contribution in [0.5, 0.6) is 0 Å². The summed E-state index contributed by atoms with van der Waals surface area (Å²) in [7, 11) is 2.08. The lowest BCUT2D eigenvalue weighted by atomic mass is 10.0. The molecule has 0 fully saturated rings. The Balaban J connectivity index is 1.73. The van der Waals surface area contributed by atoms with Gasteiger partial charge in [-0.25, -0.2) is 0 Å². The van der Waals surface area contributed by atoms with E-state index in [-0.39, 0.29) is 24.3 Å². The van der Waals surface area contributed by atoms with Crippen LogP contribution >= 0.6 is 0 Å².